The average Bonchev–Trinajstić information content (AvgIpc) is 2.28. The molecule has 1 atom stereocenters. The first-order valence-electron chi connectivity index (χ1n) is 4.38. The van der Waals surface area contributed by atoms with Crippen molar-refractivity contribution in [1.82, 2.24) is 5.32 Å². The predicted octanol–water partition coefficient (Wildman–Crippen LogP) is 1.20. The molecule has 0 radical (unpaired) electrons. The molecule has 0 aliphatic heterocycles. The van der Waals surface area contributed by atoms with Gasteiger partial charge in [0.15, 0.2) is 0 Å². The van der Waals surface area contributed by atoms with Crippen LogP contribution in [0.25, 0.3) is 0 Å². The number of carbonyl (C=O) groups is 1. The Kier molecular flexibility index (Phi) is 3.43. The first-order chi connectivity index (χ1) is 7.17. The van der Waals surface area contributed by atoms with Gasteiger partial charge in [-0.05, 0) is 25.1 Å². The Morgan fingerprint density at radius 3 is 2.80 bits per heavy atom. The summed E-state index contributed by atoms with van der Waals surface area (Å²) in [5.41, 5.74) is 0.809. The molecule has 1 aromatic rings. The molecular formula is C11H9N3O. The van der Waals surface area contributed by atoms with E-state index in [-0.39, 0.29) is 5.91 Å². The van der Waals surface area contributed by atoms with Crippen LogP contribution in [0.3, 0.4) is 0 Å². The SMILES string of the molecule is CC(C#N)NC(=O)c1cccc(C#N)c1. The lowest BCUT2D eigenvalue weighted by Gasteiger charge is -2.05. The Hall–Kier alpha value is -2.33. The molecule has 0 bridgehead atoms. The summed E-state index contributed by atoms with van der Waals surface area (Å²) in [6, 6.07) is 9.63. The fourth-order valence-electron chi connectivity index (χ4n) is 1.04. The molecule has 0 fully saturated rings. The van der Waals surface area contributed by atoms with Gasteiger partial charge in [-0.3, -0.25) is 4.79 Å². The zero-order valence-electron chi connectivity index (χ0n) is 8.19. The maximum atomic E-state index is 11.5. The highest BCUT2D eigenvalue weighted by Gasteiger charge is 2.08. The largest absolute Gasteiger partial charge is 0.337 e. The summed E-state index contributed by atoms with van der Waals surface area (Å²) in [6.07, 6.45) is 0. The second kappa shape index (κ2) is 4.78. The summed E-state index contributed by atoms with van der Waals surface area (Å²) in [5.74, 6) is -0.346. The molecule has 0 aliphatic carbocycles. The topological polar surface area (TPSA) is 76.7 Å². The standard InChI is InChI=1S/C11H9N3O/c1-8(6-12)14-11(15)10-4-2-3-9(5-10)7-13/h2-5,8H,1H3,(H,14,15). The summed E-state index contributed by atoms with van der Waals surface area (Å²) >= 11 is 0. The molecule has 15 heavy (non-hydrogen) atoms. The second-order valence-corrected chi connectivity index (χ2v) is 3.02. The minimum atomic E-state index is -0.539. The smallest absolute Gasteiger partial charge is 0.252 e. The van der Waals surface area contributed by atoms with Gasteiger partial charge in [0.2, 0.25) is 0 Å². The summed E-state index contributed by atoms with van der Waals surface area (Å²) < 4.78 is 0. The number of hydrogen-bond acceptors (Lipinski definition) is 3. The van der Waals surface area contributed by atoms with E-state index < -0.39 is 6.04 Å². The van der Waals surface area contributed by atoms with Crippen LogP contribution in [0.15, 0.2) is 24.3 Å². The van der Waals surface area contributed by atoms with Crippen molar-refractivity contribution >= 4 is 5.91 Å². The van der Waals surface area contributed by atoms with Gasteiger partial charge < -0.3 is 5.32 Å². The van der Waals surface area contributed by atoms with Crippen LogP contribution in [0.1, 0.15) is 22.8 Å². The Bertz CT molecular complexity index is 454. The Labute approximate surface area is 87.8 Å². The Morgan fingerprint density at radius 1 is 1.47 bits per heavy atom. The van der Waals surface area contributed by atoms with E-state index in [2.05, 4.69) is 5.32 Å². The lowest BCUT2D eigenvalue weighted by atomic mass is 10.1. The highest BCUT2D eigenvalue weighted by molar-refractivity contribution is 5.94. The van der Waals surface area contributed by atoms with E-state index in [4.69, 9.17) is 10.5 Å². The molecule has 0 spiro atoms. The lowest BCUT2D eigenvalue weighted by molar-refractivity contribution is 0.0948. The first-order valence-corrected chi connectivity index (χ1v) is 4.38. The molecule has 4 nitrogen and oxygen atoms in total. The van der Waals surface area contributed by atoms with Crippen molar-refractivity contribution in [3.63, 3.8) is 0 Å². The van der Waals surface area contributed by atoms with Gasteiger partial charge >= 0.3 is 0 Å². The molecule has 1 N–H and O–H groups in total. The fraction of sp³-hybridized carbons (Fsp3) is 0.182. The van der Waals surface area contributed by atoms with Crippen LogP contribution in [-0.2, 0) is 0 Å². The van der Waals surface area contributed by atoms with Gasteiger partial charge in [-0.15, -0.1) is 0 Å². The third kappa shape index (κ3) is 2.82. The Balaban J connectivity index is 2.84. The van der Waals surface area contributed by atoms with Crippen molar-refractivity contribution in [1.29, 1.82) is 10.5 Å². The van der Waals surface area contributed by atoms with Crippen LogP contribution in [0.2, 0.25) is 0 Å². The highest BCUT2D eigenvalue weighted by Crippen LogP contribution is 2.04. The van der Waals surface area contributed by atoms with Crippen molar-refractivity contribution in [2.45, 2.75) is 13.0 Å². The van der Waals surface area contributed by atoms with Crippen molar-refractivity contribution in [3.05, 3.63) is 35.4 Å². The number of amides is 1. The van der Waals surface area contributed by atoms with Crippen LogP contribution < -0.4 is 5.32 Å². The van der Waals surface area contributed by atoms with E-state index >= 15 is 0 Å². The minimum absolute atomic E-state index is 0.346. The maximum absolute atomic E-state index is 11.5. The van der Waals surface area contributed by atoms with E-state index in [0.717, 1.165) is 0 Å². The van der Waals surface area contributed by atoms with Crippen LogP contribution in [0.4, 0.5) is 0 Å². The molecule has 1 rings (SSSR count). The molecule has 0 heterocycles. The summed E-state index contributed by atoms with van der Waals surface area (Å²) in [7, 11) is 0. The predicted molar refractivity (Wildman–Crippen MR) is 53.7 cm³/mol. The van der Waals surface area contributed by atoms with Crippen molar-refractivity contribution < 1.29 is 4.79 Å². The second-order valence-electron chi connectivity index (χ2n) is 3.02. The van der Waals surface area contributed by atoms with Gasteiger partial charge in [0, 0.05) is 5.56 Å². The zero-order valence-corrected chi connectivity index (χ0v) is 8.19. The van der Waals surface area contributed by atoms with E-state index in [1.807, 2.05) is 12.1 Å². The normalized spacial score (nSPS) is 10.9. The molecular weight excluding hydrogens is 190 g/mol. The van der Waals surface area contributed by atoms with Crippen molar-refractivity contribution in [2.24, 2.45) is 0 Å². The molecule has 1 amide bonds. The molecule has 0 saturated heterocycles. The van der Waals surface area contributed by atoms with Gasteiger partial charge in [-0.1, -0.05) is 6.07 Å². The zero-order chi connectivity index (χ0) is 11.3. The summed E-state index contributed by atoms with van der Waals surface area (Å²) in [6.45, 7) is 1.59. The van der Waals surface area contributed by atoms with Crippen LogP contribution in [0.5, 0.6) is 0 Å². The number of nitrogens with one attached hydrogen (secondary N) is 1. The van der Waals surface area contributed by atoms with Crippen LogP contribution in [0, 0.1) is 22.7 Å². The van der Waals surface area contributed by atoms with E-state index in [0.29, 0.717) is 11.1 Å². The van der Waals surface area contributed by atoms with Crippen molar-refractivity contribution in [3.8, 4) is 12.1 Å². The molecule has 0 aliphatic rings. The van der Waals surface area contributed by atoms with E-state index in [9.17, 15) is 4.79 Å². The molecule has 4 heteroatoms. The van der Waals surface area contributed by atoms with Crippen LogP contribution in [-0.4, -0.2) is 11.9 Å². The maximum Gasteiger partial charge on any atom is 0.252 e. The molecule has 0 saturated carbocycles. The Morgan fingerprint density at radius 2 is 2.20 bits per heavy atom. The number of nitrogens with zero attached hydrogens (tertiary/aromatic N) is 2. The third-order valence-corrected chi connectivity index (χ3v) is 1.80. The number of hydrogen-bond donors (Lipinski definition) is 1. The fourth-order valence-corrected chi connectivity index (χ4v) is 1.04. The number of benzene rings is 1. The third-order valence-electron chi connectivity index (χ3n) is 1.80. The van der Waals surface area contributed by atoms with Gasteiger partial charge in [0.25, 0.3) is 5.91 Å². The van der Waals surface area contributed by atoms with Gasteiger partial charge in [-0.2, -0.15) is 10.5 Å². The average molecular weight is 199 g/mol. The van der Waals surface area contributed by atoms with Gasteiger partial charge in [-0.25, -0.2) is 0 Å². The lowest BCUT2D eigenvalue weighted by Crippen LogP contribution is -2.31. The van der Waals surface area contributed by atoms with Crippen molar-refractivity contribution in [2.75, 3.05) is 0 Å². The van der Waals surface area contributed by atoms with Gasteiger partial charge in [0.1, 0.15) is 6.04 Å². The quantitative estimate of drug-likeness (QED) is 0.777. The number of carbonyl (C=O) groups excluding carboxylic acids is 1. The van der Waals surface area contributed by atoms with Gasteiger partial charge in [0.05, 0.1) is 17.7 Å². The van der Waals surface area contributed by atoms with Crippen LogP contribution >= 0.6 is 0 Å². The number of rotatable bonds is 2. The highest BCUT2D eigenvalue weighted by atomic mass is 16.1. The summed E-state index contributed by atoms with van der Waals surface area (Å²) in [4.78, 5) is 11.5. The molecule has 1 unspecified atom stereocenters. The first kappa shape index (κ1) is 10.7. The monoisotopic (exact) mass is 199 g/mol. The molecule has 0 aromatic heterocycles. The van der Waals surface area contributed by atoms with E-state index in [1.54, 1.807) is 25.1 Å². The molecule has 1 aromatic carbocycles. The van der Waals surface area contributed by atoms with E-state index in [1.165, 1.54) is 6.07 Å². The number of nitriles is 2. The molecule has 74 valence electrons. The summed E-state index contributed by atoms with van der Waals surface area (Å²) in [5, 5.41) is 19.6. The minimum Gasteiger partial charge on any atom is -0.337 e.